The van der Waals surface area contributed by atoms with Gasteiger partial charge in [-0.3, -0.25) is 4.79 Å². The molecule has 1 N–H and O–H groups in total. The maximum absolute atomic E-state index is 14.8. The second kappa shape index (κ2) is 14.9. The van der Waals surface area contributed by atoms with Crippen LogP contribution in [-0.2, 0) is 22.4 Å². The zero-order valence-electron chi connectivity index (χ0n) is 32.8. The minimum atomic E-state index is -0.387. The quantitative estimate of drug-likeness (QED) is 0.139. The third-order valence-electron chi connectivity index (χ3n) is 12.1. The van der Waals surface area contributed by atoms with Crippen molar-refractivity contribution in [1.29, 1.82) is 5.26 Å². The molecule has 12 nitrogen and oxygen atoms in total. The third-order valence-corrected chi connectivity index (χ3v) is 12.1. The number of carbonyl (C=O) groups excluding carboxylic acids is 2. The standard InChI is InChI=1S/C43H49FN8O4/c1-6-7-18-56-43(55)51-22-27-20-33(51)39(27)52-34(15-16-35(53)49(4)5)46-38-40(52)32-19-26(11-9-17-45)36(30-12-8-10-25-13-14-28(44)21-31(25)30)41(54)37(32)47-42(38)50-23-29(24-50)48(2)3/h8,10,12-14,19,21,27,29,33,39,54H,6-7,9,11,15-16,18,20,22-24H2,1-5H3. The molecular formula is C43H49FN8O4. The molecule has 4 aliphatic rings. The highest BCUT2D eigenvalue weighted by Gasteiger charge is 2.56. The number of fused-ring (bicyclic) bond motifs is 5. The van der Waals surface area contributed by atoms with Crippen molar-refractivity contribution in [1.82, 2.24) is 29.2 Å². The van der Waals surface area contributed by atoms with E-state index in [-0.39, 0.29) is 54.4 Å². The Morgan fingerprint density at radius 3 is 2.57 bits per heavy atom. The van der Waals surface area contributed by atoms with Crippen LogP contribution >= 0.6 is 0 Å². The van der Waals surface area contributed by atoms with E-state index >= 15 is 0 Å². The van der Waals surface area contributed by atoms with Crippen molar-refractivity contribution in [3.8, 4) is 22.9 Å². The number of imidazole rings is 1. The van der Waals surface area contributed by atoms with Crippen molar-refractivity contribution in [2.75, 3.05) is 59.3 Å². The highest BCUT2D eigenvalue weighted by molar-refractivity contribution is 6.12. The molecule has 1 saturated carbocycles. The van der Waals surface area contributed by atoms with Crippen LogP contribution in [0.25, 0.3) is 43.8 Å². The van der Waals surface area contributed by atoms with Crippen molar-refractivity contribution in [3.63, 3.8) is 0 Å². The van der Waals surface area contributed by atoms with Crippen LogP contribution in [0.2, 0.25) is 0 Å². The first-order chi connectivity index (χ1) is 27.0. The van der Waals surface area contributed by atoms with Gasteiger partial charge in [-0.1, -0.05) is 37.6 Å². The van der Waals surface area contributed by atoms with Gasteiger partial charge in [-0.25, -0.2) is 19.2 Å². The number of phenolic OH excluding ortho intramolecular Hbond substituents is 1. The zero-order chi connectivity index (χ0) is 39.4. The molecule has 0 radical (unpaired) electrons. The van der Waals surface area contributed by atoms with Crippen molar-refractivity contribution in [3.05, 3.63) is 59.7 Å². The topological polar surface area (TPSA) is 131 Å². The molecule has 3 saturated heterocycles. The second-order valence-corrected chi connectivity index (χ2v) is 16.0. The molecule has 3 aliphatic heterocycles. The normalized spacial score (nSPS) is 19.1. The smallest absolute Gasteiger partial charge is 0.410 e. The Morgan fingerprint density at radius 2 is 1.84 bits per heavy atom. The number of hydrogen-bond acceptors (Lipinski definition) is 9. The first-order valence-electron chi connectivity index (χ1n) is 19.7. The molecule has 292 valence electrons. The van der Waals surface area contributed by atoms with E-state index in [0.29, 0.717) is 83.9 Å². The molecule has 3 aromatic carbocycles. The summed E-state index contributed by atoms with van der Waals surface area (Å²) in [5.74, 6) is 1.06. The Kier molecular flexibility index (Phi) is 9.95. The van der Waals surface area contributed by atoms with E-state index in [4.69, 9.17) is 14.7 Å². The molecule has 2 amide bonds. The van der Waals surface area contributed by atoms with Crippen LogP contribution in [-0.4, -0.2) is 113 Å². The SMILES string of the molecule is CCCCOC(=O)N1CC2CC1C2n1c(CCC(=O)N(C)C)nc2c(N3CC(N(C)C)C3)nc3c(O)c(-c4cccc5ccc(F)cc45)c(CCC#N)cc3c21. The summed E-state index contributed by atoms with van der Waals surface area (Å²) < 4.78 is 22.7. The summed E-state index contributed by atoms with van der Waals surface area (Å²) in [7, 11) is 7.60. The average molecular weight is 761 g/mol. The molecule has 4 fully saturated rings. The van der Waals surface area contributed by atoms with Crippen LogP contribution in [0.3, 0.4) is 0 Å². The van der Waals surface area contributed by atoms with Crippen molar-refractivity contribution < 1.29 is 23.8 Å². The van der Waals surface area contributed by atoms with Crippen LogP contribution < -0.4 is 4.90 Å². The van der Waals surface area contributed by atoms with E-state index < -0.39 is 0 Å². The zero-order valence-corrected chi connectivity index (χ0v) is 32.8. The molecule has 1 aliphatic carbocycles. The van der Waals surface area contributed by atoms with Crippen molar-refractivity contribution in [2.45, 2.75) is 70.0 Å². The number of anilines is 1. The largest absolute Gasteiger partial charge is 0.505 e. The number of aromatic nitrogens is 3. The van der Waals surface area contributed by atoms with Crippen LogP contribution in [0.4, 0.5) is 15.0 Å². The Balaban J connectivity index is 1.38. The summed E-state index contributed by atoms with van der Waals surface area (Å²) in [5, 5.41) is 24.5. The molecule has 5 aromatic rings. The second-order valence-electron chi connectivity index (χ2n) is 16.0. The van der Waals surface area contributed by atoms with E-state index in [0.717, 1.165) is 41.6 Å². The minimum absolute atomic E-state index is 0.0197. The van der Waals surface area contributed by atoms with Gasteiger partial charge < -0.3 is 34.0 Å². The Morgan fingerprint density at radius 1 is 1.04 bits per heavy atom. The molecule has 3 unspecified atom stereocenters. The van der Waals surface area contributed by atoms with Crippen molar-refractivity contribution in [2.24, 2.45) is 5.92 Å². The van der Waals surface area contributed by atoms with E-state index in [1.807, 2.05) is 29.2 Å². The van der Waals surface area contributed by atoms with Crippen LogP contribution in [0.15, 0.2) is 42.5 Å². The molecule has 2 bridgehead atoms. The number of phenols is 1. The number of pyridine rings is 1. The number of aromatic hydroxyl groups is 1. The van der Waals surface area contributed by atoms with E-state index in [2.05, 4.69) is 41.5 Å². The Hall–Kier alpha value is -5.48. The number of aryl methyl sites for hydroxylation is 2. The minimum Gasteiger partial charge on any atom is -0.505 e. The number of amides is 2. The molecule has 9 rings (SSSR count). The number of benzene rings is 3. The molecule has 56 heavy (non-hydrogen) atoms. The number of nitriles is 1. The number of halogens is 1. The van der Waals surface area contributed by atoms with Gasteiger partial charge in [0.25, 0.3) is 0 Å². The first kappa shape index (κ1) is 37.4. The average Bonchev–Trinajstić information content (AvgIpc) is 3.86. The van der Waals surface area contributed by atoms with E-state index in [1.165, 1.54) is 12.1 Å². The lowest BCUT2D eigenvalue weighted by molar-refractivity contribution is -0.128. The third kappa shape index (κ3) is 6.33. The summed E-state index contributed by atoms with van der Waals surface area (Å²) >= 11 is 0. The van der Waals surface area contributed by atoms with E-state index in [9.17, 15) is 24.3 Å². The predicted octanol–water partition coefficient (Wildman–Crippen LogP) is 6.66. The summed E-state index contributed by atoms with van der Waals surface area (Å²) in [6, 6.07) is 14.6. The number of rotatable bonds is 12. The lowest BCUT2D eigenvalue weighted by atomic mass is 9.79. The van der Waals surface area contributed by atoms with Gasteiger partial charge in [0.05, 0.1) is 30.3 Å². The van der Waals surface area contributed by atoms with Crippen LogP contribution in [0.1, 0.15) is 56.5 Å². The fraction of sp³-hybridized carbons (Fsp3) is 0.465. The number of unbranched alkanes of at least 4 members (excludes halogenated alkanes) is 1. The van der Waals surface area contributed by atoms with Crippen molar-refractivity contribution >= 4 is 50.5 Å². The fourth-order valence-electron chi connectivity index (χ4n) is 8.89. The Bertz CT molecular complexity index is 2400. The predicted molar refractivity (Wildman–Crippen MR) is 214 cm³/mol. The monoisotopic (exact) mass is 760 g/mol. The van der Waals surface area contributed by atoms with Gasteiger partial charge in [0.1, 0.15) is 28.4 Å². The molecule has 5 heterocycles. The highest BCUT2D eigenvalue weighted by Crippen LogP contribution is 2.53. The molecule has 3 atom stereocenters. The maximum Gasteiger partial charge on any atom is 0.410 e. The summed E-state index contributed by atoms with van der Waals surface area (Å²) in [6.07, 6.45) is 3.40. The Labute approximate surface area is 326 Å². The number of ether oxygens (including phenoxy) is 1. The van der Waals surface area contributed by atoms with Gasteiger partial charge >= 0.3 is 6.09 Å². The van der Waals surface area contributed by atoms with Gasteiger partial charge in [0, 0.05) is 75.9 Å². The van der Waals surface area contributed by atoms with E-state index in [1.54, 1.807) is 25.1 Å². The number of carbonyl (C=O) groups is 2. The highest BCUT2D eigenvalue weighted by atomic mass is 19.1. The number of nitrogens with zero attached hydrogens (tertiary/aromatic N) is 8. The number of likely N-dealkylation sites (N-methyl/N-ethyl adjacent to an activating group) is 1. The van der Waals surface area contributed by atoms with Gasteiger partial charge in [-0.15, -0.1) is 0 Å². The maximum atomic E-state index is 14.8. The molecule has 0 spiro atoms. The van der Waals surface area contributed by atoms with Gasteiger partial charge in [-0.05, 0) is 73.5 Å². The summed E-state index contributed by atoms with van der Waals surface area (Å²) in [6.45, 7) is 4.42. The van der Waals surface area contributed by atoms with Crippen LogP contribution in [0, 0.1) is 23.1 Å². The van der Waals surface area contributed by atoms with Gasteiger partial charge in [0.15, 0.2) is 5.82 Å². The lowest BCUT2D eigenvalue weighted by Gasteiger charge is -2.43. The summed E-state index contributed by atoms with van der Waals surface area (Å²) in [5.41, 5.74) is 3.75. The molecular weight excluding hydrogens is 712 g/mol. The molecule has 13 heteroatoms. The number of hydrogen-bond donors (Lipinski definition) is 1. The lowest BCUT2D eigenvalue weighted by Crippen LogP contribution is -2.57. The first-order valence-corrected chi connectivity index (χ1v) is 19.7. The summed E-state index contributed by atoms with van der Waals surface area (Å²) in [4.78, 5) is 44.8. The fourth-order valence-corrected chi connectivity index (χ4v) is 8.89. The van der Waals surface area contributed by atoms with Gasteiger partial charge in [-0.2, -0.15) is 5.26 Å². The molecule has 2 aromatic heterocycles. The van der Waals surface area contributed by atoms with Crippen LogP contribution in [0.5, 0.6) is 5.75 Å². The van der Waals surface area contributed by atoms with Gasteiger partial charge in [0.2, 0.25) is 5.91 Å².